The predicted octanol–water partition coefficient (Wildman–Crippen LogP) is 1.75. The number of aliphatic hydroxyl groups is 1. The van der Waals surface area contributed by atoms with Gasteiger partial charge in [0.2, 0.25) is 0 Å². The molecule has 1 N–H and O–H groups in total. The van der Waals surface area contributed by atoms with Crippen LogP contribution in [0.1, 0.15) is 31.4 Å². The first-order valence-electron chi connectivity index (χ1n) is 6.12. The molecule has 0 radical (unpaired) electrons. The predicted molar refractivity (Wildman–Crippen MR) is 67.1 cm³/mol. The number of nitrogens with zero attached hydrogens (tertiary/aromatic N) is 2. The average Bonchev–Trinajstić information content (AvgIpc) is 2.39. The number of ether oxygens (including phenoxy) is 1. The number of rotatable bonds is 3. The third-order valence-electron chi connectivity index (χ3n) is 3.29. The second kappa shape index (κ2) is 5.47. The summed E-state index contributed by atoms with van der Waals surface area (Å²) in [6.45, 7) is 3.66. The van der Waals surface area contributed by atoms with Gasteiger partial charge in [-0.15, -0.1) is 0 Å². The molecular formula is C13H20N2O2. The van der Waals surface area contributed by atoms with Crippen LogP contribution in [-0.2, 0) is 4.74 Å². The summed E-state index contributed by atoms with van der Waals surface area (Å²) < 4.78 is 5.40. The molecule has 1 fully saturated rings. The molecule has 17 heavy (non-hydrogen) atoms. The normalized spacial score (nSPS) is 22.5. The molecule has 1 aliphatic heterocycles. The minimum absolute atomic E-state index is 0.292. The molecule has 1 saturated heterocycles. The number of pyridine rings is 1. The molecule has 1 aromatic heterocycles. The molecule has 0 aromatic carbocycles. The summed E-state index contributed by atoms with van der Waals surface area (Å²) in [5.74, 6) is 0.935. The molecule has 0 bridgehead atoms. The summed E-state index contributed by atoms with van der Waals surface area (Å²) in [5, 5.41) is 9.57. The second-order valence-corrected chi connectivity index (χ2v) is 4.57. The van der Waals surface area contributed by atoms with Crippen LogP contribution in [0.2, 0.25) is 0 Å². The van der Waals surface area contributed by atoms with E-state index in [1.54, 1.807) is 20.2 Å². The van der Waals surface area contributed by atoms with Crippen molar-refractivity contribution in [2.75, 3.05) is 25.1 Å². The van der Waals surface area contributed by atoms with Crippen LogP contribution in [0.5, 0.6) is 0 Å². The van der Waals surface area contributed by atoms with Crippen molar-refractivity contribution in [2.45, 2.75) is 32.0 Å². The molecule has 0 saturated carbocycles. The summed E-state index contributed by atoms with van der Waals surface area (Å²) in [6, 6.07) is 3.81. The van der Waals surface area contributed by atoms with Gasteiger partial charge in [-0.2, -0.15) is 0 Å². The summed E-state index contributed by atoms with van der Waals surface area (Å²) in [7, 11) is 1.76. The Labute approximate surface area is 102 Å². The van der Waals surface area contributed by atoms with E-state index in [4.69, 9.17) is 4.74 Å². The molecule has 1 aromatic rings. The van der Waals surface area contributed by atoms with Crippen molar-refractivity contribution in [2.24, 2.45) is 0 Å². The molecule has 0 amide bonds. The quantitative estimate of drug-likeness (QED) is 0.868. The van der Waals surface area contributed by atoms with E-state index >= 15 is 0 Å². The van der Waals surface area contributed by atoms with E-state index < -0.39 is 6.10 Å². The smallest absolute Gasteiger partial charge is 0.128 e. The Morgan fingerprint density at radius 2 is 2.41 bits per heavy atom. The molecule has 0 aliphatic carbocycles. The maximum atomic E-state index is 9.57. The highest BCUT2D eigenvalue weighted by Crippen LogP contribution is 2.22. The number of hydrogen-bond donors (Lipinski definition) is 1. The third kappa shape index (κ3) is 2.96. The summed E-state index contributed by atoms with van der Waals surface area (Å²) >= 11 is 0. The SMILES string of the molecule is COC1CCCN(c2cc([C@@H](C)O)ccn2)C1. The van der Waals surface area contributed by atoms with Gasteiger partial charge in [0.25, 0.3) is 0 Å². The summed E-state index contributed by atoms with van der Waals surface area (Å²) in [6.07, 6.45) is 3.84. The lowest BCUT2D eigenvalue weighted by Crippen LogP contribution is -2.39. The fraction of sp³-hybridized carbons (Fsp3) is 0.615. The van der Waals surface area contributed by atoms with Gasteiger partial charge in [-0.3, -0.25) is 0 Å². The molecule has 4 heteroatoms. The van der Waals surface area contributed by atoms with Gasteiger partial charge in [0.15, 0.2) is 0 Å². The van der Waals surface area contributed by atoms with Gasteiger partial charge in [-0.05, 0) is 37.5 Å². The minimum atomic E-state index is -0.445. The van der Waals surface area contributed by atoms with E-state index in [-0.39, 0.29) is 0 Å². The van der Waals surface area contributed by atoms with E-state index in [9.17, 15) is 5.11 Å². The Hall–Kier alpha value is -1.13. The monoisotopic (exact) mass is 236 g/mol. The topological polar surface area (TPSA) is 45.6 Å². The van der Waals surface area contributed by atoms with E-state index in [2.05, 4.69) is 9.88 Å². The van der Waals surface area contributed by atoms with Crippen molar-refractivity contribution in [1.29, 1.82) is 0 Å². The molecule has 1 aliphatic rings. The van der Waals surface area contributed by atoms with Crippen LogP contribution < -0.4 is 4.90 Å². The number of anilines is 1. The lowest BCUT2D eigenvalue weighted by molar-refractivity contribution is 0.0891. The standard InChI is InChI=1S/C13H20N2O2/c1-10(16)11-5-6-14-13(8-11)15-7-3-4-12(9-15)17-2/h5-6,8,10,12,16H,3-4,7,9H2,1-2H3/t10-,12?/m1/s1. The van der Waals surface area contributed by atoms with Crippen molar-refractivity contribution in [3.63, 3.8) is 0 Å². The zero-order chi connectivity index (χ0) is 12.3. The lowest BCUT2D eigenvalue weighted by atomic mass is 10.1. The van der Waals surface area contributed by atoms with E-state index in [1.807, 2.05) is 12.1 Å². The molecule has 2 atom stereocenters. The van der Waals surface area contributed by atoms with Crippen molar-refractivity contribution in [3.05, 3.63) is 23.9 Å². The average molecular weight is 236 g/mol. The molecule has 4 nitrogen and oxygen atoms in total. The van der Waals surface area contributed by atoms with Crippen LogP contribution in [0.15, 0.2) is 18.3 Å². The zero-order valence-corrected chi connectivity index (χ0v) is 10.5. The van der Waals surface area contributed by atoms with Gasteiger partial charge in [-0.25, -0.2) is 4.98 Å². The Morgan fingerprint density at radius 1 is 1.59 bits per heavy atom. The largest absolute Gasteiger partial charge is 0.389 e. The van der Waals surface area contributed by atoms with E-state index in [0.717, 1.165) is 37.3 Å². The van der Waals surface area contributed by atoms with Gasteiger partial charge in [-0.1, -0.05) is 0 Å². The maximum Gasteiger partial charge on any atom is 0.128 e. The van der Waals surface area contributed by atoms with Crippen LogP contribution in [0, 0.1) is 0 Å². The highest BCUT2D eigenvalue weighted by molar-refractivity contribution is 5.42. The zero-order valence-electron chi connectivity index (χ0n) is 10.5. The van der Waals surface area contributed by atoms with Gasteiger partial charge < -0.3 is 14.7 Å². The molecule has 94 valence electrons. The number of aromatic nitrogens is 1. The summed E-state index contributed by atoms with van der Waals surface area (Å²) in [4.78, 5) is 6.60. The Balaban J connectivity index is 2.13. The van der Waals surface area contributed by atoms with Crippen molar-refractivity contribution < 1.29 is 9.84 Å². The first kappa shape index (κ1) is 12.3. The van der Waals surface area contributed by atoms with Crippen LogP contribution >= 0.6 is 0 Å². The summed E-state index contributed by atoms with van der Waals surface area (Å²) in [5.41, 5.74) is 0.912. The Bertz CT molecular complexity index is 368. The van der Waals surface area contributed by atoms with Gasteiger partial charge >= 0.3 is 0 Å². The fourth-order valence-electron chi connectivity index (χ4n) is 2.21. The molecular weight excluding hydrogens is 216 g/mol. The Morgan fingerprint density at radius 3 is 3.12 bits per heavy atom. The first-order valence-corrected chi connectivity index (χ1v) is 6.12. The highest BCUT2D eigenvalue weighted by atomic mass is 16.5. The van der Waals surface area contributed by atoms with Crippen LogP contribution in [0.3, 0.4) is 0 Å². The minimum Gasteiger partial charge on any atom is -0.389 e. The lowest BCUT2D eigenvalue weighted by Gasteiger charge is -2.33. The third-order valence-corrected chi connectivity index (χ3v) is 3.29. The molecule has 2 heterocycles. The van der Waals surface area contributed by atoms with Gasteiger partial charge in [0.1, 0.15) is 5.82 Å². The number of piperidine rings is 1. The Kier molecular flexibility index (Phi) is 3.97. The first-order chi connectivity index (χ1) is 8.20. The van der Waals surface area contributed by atoms with Crippen LogP contribution in [0.4, 0.5) is 5.82 Å². The molecule has 1 unspecified atom stereocenters. The number of hydrogen-bond acceptors (Lipinski definition) is 4. The fourth-order valence-corrected chi connectivity index (χ4v) is 2.21. The highest BCUT2D eigenvalue weighted by Gasteiger charge is 2.20. The number of aliphatic hydroxyl groups excluding tert-OH is 1. The van der Waals surface area contributed by atoms with Crippen LogP contribution in [0.25, 0.3) is 0 Å². The van der Waals surface area contributed by atoms with Gasteiger partial charge in [0.05, 0.1) is 12.2 Å². The van der Waals surface area contributed by atoms with E-state index in [1.165, 1.54) is 0 Å². The molecule has 2 rings (SSSR count). The molecule has 0 spiro atoms. The van der Waals surface area contributed by atoms with Gasteiger partial charge in [0, 0.05) is 26.4 Å². The van der Waals surface area contributed by atoms with E-state index in [0.29, 0.717) is 6.10 Å². The van der Waals surface area contributed by atoms with Crippen molar-refractivity contribution in [3.8, 4) is 0 Å². The number of methoxy groups -OCH3 is 1. The van der Waals surface area contributed by atoms with Crippen molar-refractivity contribution in [1.82, 2.24) is 4.98 Å². The van der Waals surface area contributed by atoms with Crippen LogP contribution in [-0.4, -0.2) is 36.4 Å². The second-order valence-electron chi connectivity index (χ2n) is 4.57. The maximum absolute atomic E-state index is 9.57. The van der Waals surface area contributed by atoms with Crippen molar-refractivity contribution >= 4 is 5.82 Å².